The second-order valence-electron chi connectivity index (χ2n) is 5.62. The Morgan fingerprint density at radius 1 is 0.654 bits per heavy atom. The van der Waals surface area contributed by atoms with Crippen LogP contribution in [0.2, 0.25) is 0 Å². The van der Waals surface area contributed by atoms with Gasteiger partial charge in [-0.3, -0.25) is 0 Å². The fourth-order valence-electron chi connectivity index (χ4n) is 2.38. The average molecular weight is 370 g/mol. The zero-order valence-electron chi connectivity index (χ0n) is 13.9. The normalized spacial score (nSPS) is 13.6. The van der Waals surface area contributed by atoms with Crippen LogP contribution in [0.4, 0.5) is 0 Å². The van der Waals surface area contributed by atoms with E-state index in [4.69, 9.17) is 9.05 Å². The third kappa shape index (κ3) is 4.33. The fourth-order valence-corrected chi connectivity index (χ4v) is 3.98. The van der Waals surface area contributed by atoms with Gasteiger partial charge in [-0.2, -0.15) is 0 Å². The van der Waals surface area contributed by atoms with E-state index < -0.39 is 19.5 Å². The number of para-hydroxylation sites is 2. The Labute approximate surface area is 152 Å². The molecule has 0 spiro atoms. The molecule has 0 heterocycles. The molecule has 0 aliphatic rings. The number of hydrogen-bond donors (Lipinski definition) is 2. The third-order valence-electron chi connectivity index (χ3n) is 3.70. The van der Waals surface area contributed by atoms with Crippen molar-refractivity contribution in [2.45, 2.75) is 11.9 Å². The average Bonchev–Trinajstić information content (AvgIpc) is 2.69. The molecule has 0 aromatic heterocycles. The van der Waals surface area contributed by atoms with Crippen molar-refractivity contribution in [3.05, 3.63) is 96.6 Å². The zero-order chi connectivity index (χ0) is 18.4. The van der Waals surface area contributed by atoms with Crippen molar-refractivity contribution in [2.24, 2.45) is 0 Å². The van der Waals surface area contributed by atoms with Gasteiger partial charge in [-0.05, 0) is 29.8 Å². The van der Waals surface area contributed by atoms with Gasteiger partial charge in [0.25, 0.3) is 0 Å². The molecule has 2 N–H and O–H groups in total. The first-order chi connectivity index (χ1) is 12.6. The molecule has 3 aromatic rings. The maximum atomic E-state index is 13.4. The lowest BCUT2D eigenvalue weighted by Crippen LogP contribution is -2.24. The molecule has 134 valence electrons. The fraction of sp³-hybridized carbons (Fsp3) is 0.100. The Bertz CT molecular complexity index is 810. The summed E-state index contributed by atoms with van der Waals surface area (Å²) < 4.78 is 24.5. The summed E-state index contributed by atoms with van der Waals surface area (Å²) in [6.45, 7) is 0. The highest BCUT2D eigenvalue weighted by molar-refractivity contribution is 7.55. The van der Waals surface area contributed by atoms with Crippen molar-refractivity contribution >= 4 is 7.60 Å². The summed E-state index contributed by atoms with van der Waals surface area (Å²) in [7, 11) is -4.17. The lowest BCUT2D eigenvalue weighted by molar-refractivity contribution is 0.0534. The van der Waals surface area contributed by atoms with Gasteiger partial charge in [0.15, 0.2) is 0 Å². The molecule has 0 radical (unpaired) electrons. The molecule has 0 saturated heterocycles. The van der Waals surface area contributed by atoms with Crippen molar-refractivity contribution in [2.75, 3.05) is 0 Å². The van der Waals surface area contributed by atoms with Crippen LogP contribution in [-0.4, -0.2) is 16.1 Å². The quantitative estimate of drug-likeness (QED) is 0.603. The molecule has 0 unspecified atom stereocenters. The van der Waals surface area contributed by atoms with Gasteiger partial charge >= 0.3 is 7.60 Å². The molecular weight excluding hydrogens is 351 g/mol. The summed E-state index contributed by atoms with van der Waals surface area (Å²) >= 11 is 0. The standard InChI is InChI=1S/C20H19O5P/c21-19(16-10-4-1-5-11-16)20(22)26(23,24-17-12-6-2-7-13-17)25-18-14-8-3-9-15-18/h1-15,19-22H/t19-,20+/m0/s1. The monoisotopic (exact) mass is 370 g/mol. The van der Waals surface area contributed by atoms with Crippen LogP contribution in [0.3, 0.4) is 0 Å². The van der Waals surface area contributed by atoms with Crippen LogP contribution in [0, 0.1) is 0 Å². The molecule has 0 fully saturated rings. The molecule has 0 aliphatic carbocycles. The molecule has 5 nitrogen and oxygen atoms in total. The van der Waals surface area contributed by atoms with Gasteiger partial charge in [-0.15, -0.1) is 0 Å². The van der Waals surface area contributed by atoms with Crippen molar-refractivity contribution in [3.8, 4) is 11.5 Å². The minimum Gasteiger partial charge on any atom is -0.414 e. The van der Waals surface area contributed by atoms with Gasteiger partial charge in [0.05, 0.1) is 0 Å². The van der Waals surface area contributed by atoms with Crippen LogP contribution < -0.4 is 9.05 Å². The molecule has 0 amide bonds. The Morgan fingerprint density at radius 2 is 1.04 bits per heavy atom. The zero-order valence-corrected chi connectivity index (χ0v) is 14.8. The van der Waals surface area contributed by atoms with E-state index in [0.717, 1.165) is 0 Å². The maximum absolute atomic E-state index is 13.4. The minimum atomic E-state index is -4.17. The van der Waals surface area contributed by atoms with Gasteiger partial charge in [-0.1, -0.05) is 66.7 Å². The van der Waals surface area contributed by atoms with Crippen LogP contribution in [-0.2, 0) is 4.57 Å². The highest BCUT2D eigenvalue weighted by Gasteiger charge is 2.43. The molecule has 0 bridgehead atoms. The predicted molar refractivity (Wildman–Crippen MR) is 99.2 cm³/mol. The van der Waals surface area contributed by atoms with Crippen LogP contribution in [0.15, 0.2) is 91.0 Å². The summed E-state index contributed by atoms with van der Waals surface area (Å²) in [6, 6.07) is 25.3. The molecule has 26 heavy (non-hydrogen) atoms. The van der Waals surface area contributed by atoms with E-state index in [9.17, 15) is 14.8 Å². The van der Waals surface area contributed by atoms with Gasteiger partial charge in [0, 0.05) is 0 Å². The summed E-state index contributed by atoms with van der Waals surface area (Å²) in [6.07, 6.45) is -1.44. The first-order valence-electron chi connectivity index (χ1n) is 8.08. The summed E-state index contributed by atoms with van der Waals surface area (Å²) in [5.41, 5.74) is 0.411. The Morgan fingerprint density at radius 3 is 1.46 bits per heavy atom. The molecule has 2 atom stereocenters. The largest absolute Gasteiger partial charge is 0.462 e. The van der Waals surface area contributed by atoms with Crippen LogP contribution in [0.25, 0.3) is 0 Å². The predicted octanol–water partition coefficient (Wildman–Crippen LogP) is 4.39. The van der Waals surface area contributed by atoms with E-state index in [2.05, 4.69) is 0 Å². The third-order valence-corrected chi connectivity index (χ3v) is 5.56. The van der Waals surface area contributed by atoms with Crippen LogP contribution in [0.1, 0.15) is 11.7 Å². The van der Waals surface area contributed by atoms with Gasteiger partial charge in [-0.25, -0.2) is 4.57 Å². The SMILES string of the molecule is O=P(Oc1ccccc1)(Oc1ccccc1)[C@@H](O)[C@@H](O)c1ccccc1. The lowest BCUT2D eigenvalue weighted by atomic mass is 10.1. The summed E-state index contributed by atoms with van der Waals surface area (Å²) in [5, 5.41) is 21.1. The van der Waals surface area contributed by atoms with Gasteiger partial charge in [0.2, 0.25) is 5.85 Å². The lowest BCUT2D eigenvalue weighted by Gasteiger charge is -2.27. The van der Waals surface area contributed by atoms with E-state index in [1.807, 2.05) is 0 Å². The first kappa shape index (κ1) is 18.2. The van der Waals surface area contributed by atoms with Gasteiger partial charge in [0.1, 0.15) is 17.6 Å². The second-order valence-corrected chi connectivity index (χ2v) is 7.59. The molecule has 3 aromatic carbocycles. The highest BCUT2D eigenvalue weighted by Crippen LogP contribution is 2.55. The molecule has 0 aliphatic heterocycles. The van der Waals surface area contributed by atoms with E-state index >= 15 is 0 Å². The van der Waals surface area contributed by atoms with E-state index in [1.54, 1.807) is 91.0 Å². The van der Waals surface area contributed by atoms with E-state index in [1.165, 1.54) is 0 Å². The highest BCUT2D eigenvalue weighted by atomic mass is 31.2. The van der Waals surface area contributed by atoms with Gasteiger partial charge < -0.3 is 19.3 Å². The van der Waals surface area contributed by atoms with Crippen LogP contribution in [0.5, 0.6) is 11.5 Å². The Hall–Kier alpha value is -2.59. The van der Waals surface area contributed by atoms with E-state index in [0.29, 0.717) is 5.56 Å². The first-order valence-corrected chi connectivity index (χ1v) is 9.70. The number of hydrogen-bond acceptors (Lipinski definition) is 5. The smallest absolute Gasteiger partial charge is 0.414 e. The summed E-state index contributed by atoms with van der Waals surface area (Å²) in [5.74, 6) is -1.23. The maximum Gasteiger partial charge on any atom is 0.462 e. The topological polar surface area (TPSA) is 76.0 Å². The number of aliphatic hydroxyl groups is 2. The van der Waals surface area contributed by atoms with Crippen molar-refractivity contribution in [3.63, 3.8) is 0 Å². The number of rotatable bonds is 7. The Kier molecular flexibility index (Phi) is 5.74. The summed E-state index contributed by atoms with van der Waals surface area (Å²) in [4.78, 5) is 0. The molecular formula is C20H19O5P. The minimum absolute atomic E-state index is 0.270. The number of aliphatic hydroxyl groups excluding tert-OH is 2. The van der Waals surface area contributed by atoms with Crippen molar-refractivity contribution < 1.29 is 23.8 Å². The molecule has 0 saturated carbocycles. The van der Waals surface area contributed by atoms with Crippen molar-refractivity contribution in [1.29, 1.82) is 0 Å². The molecule has 6 heteroatoms. The van der Waals surface area contributed by atoms with Crippen molar-refractivity contribution in [1.82, 2.24) is 0 Å². The second kappa shape index (κ2) is 8.19. The Balaban J connectivity index is 1.92. The van der Waals surface area contributed by atoms with E-state index in [-0.39, 0.29) is 11.5 Å². The number of benzene rings is 3. The molecule has 3 rings (SSSR count). The van der Waals surface area contributed by atoms with Crippen LogP contribution >= 0.6 is 7.60 Å².